The van der Waals surface area contributed by atoms with Crippen molar-refractivity contribution in [3.63, 3.8) is 0 Å². The molecule has 4 nitrogen and oxygen atoms in total. The Balaban J connectivity index is 2.22. The molecule has 1 aromatic heterocycles. The highest BCUT2D eigenvalue weighted by molar-refractivity contribution is 6.34. The van der Waals surface area contributed by atoms with E-state index in [1.807, 2.05) is 17.9 Å². The van der Waals surface area contributed by atoms with Crippen LogP contribution in [0.1, 0.15) is 25.3 Å². The maximum Gasteiger partial charge on any atom is 0.148 e. The van der Waals surface area contributed by atoms with Gasteiger partial charge in [0.15, 0.2) is 0 Å². The molecule has 0 saturated carbocycles. The molecule has 0 amide bonds. The summed E-state index contributed by atoms with van der Waals surface area (Å²) in [6.45, 7) is 3.24. The molecule has 1 aromatic rings. The van der Waals surface area contributed by atoms with Crippen LogP contribution in [0, 0.1) is 11.3 Å². The fourth-order valence-electron chi connectivity index (χ4n) is 1.94. The summed E-state index contributed by atoms with van der Waals surface area (Å²) in [5, 5.41) is 19.2. The summed E-state index contributed by atoms with van der Waals surface area (Å²) < 4.78 is 0. The summed E-state index contributed by atoms with van der Waals surface area (Å²) in [7, 11) is 0. The predicted molar refractivity (Wildman–Crippen MR) is 66.0 cm³/mol. The average molecular weight is 252 g/mol. The number of hydrogen-bond acceptors (Lipinski definition) is 4. The second-order valence-electron chi connectivity index (χ2n) is 4.59. The molecule has 0 atom stereocenters. The number of aromatic nitrogens is 1. The fraction of sp³-hybridized carbons (Fsp3) is 0.500. The lowest BCUT2D eigenvalue weighted by Crippen LogP contribution is -2.42. The van der Waals surface area contributed by atoms with Crippen molar-refractivity contribution in [3.8, 4) is 6.07 Å². The maximum atomic E-state index is 9.88. The predicted octanol–water partition coefficient (Wildman–Crippen LogP) is 1.96. The van der Waals surface area contributed by atoms with Gasteiger partial charge in [-0.25, -0.2) is 4.98 Å². The van der Waals surface area contributed by atoms with Gasteiger partial charge in [0, 0.05) is 19.3 Å². The smallest absolute Gasteiger partial charge is 0.148 e. The molecule has 17 heavy (non-hydrogen) atoms. The number of nitrogens with zero attached hydrogens (tertiary/aromatic N) is 3. The number of halogens is 1. The first kappa shape index (κ1) is 12.2. The van der Waals surface area contributed by atoms with Gasteiger partial charge in [-0.1, -0.05) is 11.6 Å². The minimum atomic E-state index is -0.601. The summed E-state index contributed by atoms with van der Waals surface area (Å²) in [5.41, 5.74) is -0.162. The first-order valence-corrected chi connectivity index (χ1v) is 5.93. The van der Waals surface area contributed by atoms with Crippen molar-refractivity contribution >= 4 is 17.4 Å². The van der Waals surface area contributed by atoms with Gasteiger partial charge in [-0.3, -0.25) is 0 Å². The Bertz CT molecular complexity index is 457. The quantitative estimate of drug-likeness (QED) is 0.829. The summed E-state index contributed by atoms with van der Waals surface area (Å²) in [5.74, 6) is 0.640. The minimum absolute atomic E-state index is 0.400. The van der Waals surface area contributed by atoms with E-state index in [1.165, 1.54) is 0 Å². The van der Waals surface area contributed by atoms with Crippen LogP contribution in [0.15, 0.2) is 12.3 Å². The SMILES string of the molecule is CC1(O)CCN(c2nccc(C#N)c2Cl)CC1. The lowest BCUT2D eigenvalue weighted by Gasteiger charge is -2.36. The normalized spacial score (nSPS) is 18.8. The number of aliphatic hydroxyl groups is 1. The highest BCUT2D eigenvalue weighted by atomic mass is 35.5. The zero-order chi connectivity index (χ0) is 12.5. The molecular weight excluding hydrogens is 238 g/mol. The molecule has 5 heteroatoms. The van der Waals surface area contributed by atoms with Crippen LogP contribution < -0.4 is 4.90 Å². The van der Waals surface area contributed by atoms with Gasteiger partial charge < -0.3 is 10.0 Å². The Hall–Kier alpha value is -1.31. The van der Waals surface area contributed by atoms with Crippen molar-refractivity contribution in [2.45, 2.75) is 25.4 Å². The molecule has 0 bridgehead atoms. The van der Waals surface area contributed by atoms with Crippen molar-refractivity contribution in [3.05, 3.63) is 22.8 Å². The van der Waals surface area contributed by atoms with Gasteiger partial charge in [0.1, 0.15) is 16.9 Å². The number of piperidine rings is 1. The monoisotopic (exact) mass is 251 g/mol. The summed E-state index contributed by atoms with van der Waals surface area (Å²) in [6.07, 6.45) is 2.95. The second kappa shape index (κ2) is 4.52. The number of pyridine rings is 1. The second-order valence-corrected chi connectivity index (χ2v) is 4.97. The Kier molecular flexibility index (Phi) is 3.23. The van der Waals surface area contributed by atoms with Crippen LogP contribution in [-0.4, -0.2) is 28.8 Å². The van der Waals surface area contributed by atoms with Crippen LogP contribution in [0.3, 0.4) is 0 Å². The van der Waals surface area contributed by atoms with E-state index in [4.69, 9.17) is 16.9 Å². The number of rotatable bonds is 1. The molecule has 90 valence electrons. The number of nitriles is 1. The van der Waals surface area contributed by atoms with E-state index in [-0.39, 0.29) is 0 Å². The van der Waals surface area contributed by atoms with Gasteiger partial charge >= 0.3 is 0 Å². The van der Waals surface area contributed by atoms with Crippen molar-refractivity contribution in [2.75, 3.05) is 18.0 Å². The topological polar surface area (TPSA) is 60.1 Å². The summed E-state index contributed by atoms with van der Waals surface area (Å²) >= 11 is 6.12. The van der Waals surface area contributed by atoms with Crippen LogP contribution in [0.2, 0.25) is 5.02 Å². The van der Waals surface area contributed by atoms with E-state index in [2.05, 4.69) is 4.98 Å². The molecule has 1 aliphatic rings. The molecule has 0 aromatic carbocycles. The van der Waals surface area contributed by atoms with Gasteiger partial charge in [0.25, 0.3) is 0 Å². The number of anilines is 1. The lowest BCUT2D eigenvalue weighted by molar-refractivity contribution is 0.0350. The van der Waals surface area contributed by atoms with Gasteiger partial charge in [-0.05, 0) is 25.8 Å². The van der Waals surface area contributed by atoms with E-state index >= 15 is 0 Å². The van der Waals surface area contributed by atoms with Crippen molar-refractivity contribution in [1.29, 1.82) is 5.26 Å². The molecule has 0 radical (unpaired) electrons. The molecular formula is C12H14ClN3O. The summed E-state index contributed by atoms with van der Waals surface area (Å²) in [4.78, 5) is 6.23. The van der Waals surface area contributed by atoms with E-state index in [9.17, 15) is 5.11 Å². The molecule has 2 heterocycles. The first-order chi connectivity index (χ1) is 8.03. The third-order valence-corrected chi connectivity index (χ3v) is 3.50. The van der Waals surface area contributed by atoms with E-state index < -0.39 is 5.60 Å². The molecule has 0 aliphatic carbocycles. The maximum absolute atomic E-state index is 9.88. The van der Waals surface area contributed by atoms with Gasteiger partial charge in [-0.15, -0.1) is 0 Å². The van der Waals surface area contributed by atoms with Crippen molar-refractivity contribution < 1.29 is 5.11 Å². The summed E-state index contributed by atoms with van der Waals surface area (Å²) in [6, 6.07) is 3.65. The highest BCUT2D eigenvalue weighted by Crippen LogP contribution is 2.30. The van der Waals surface area contributed by atoms with E-state index in [0.29, 0.717) is 42.3 Å². The van der Waals surface area contributed by atoms with Crippen LogP contribution in [0.25, 0.3) is 0 Å². The Morgan fingerprint density at radius 2 is 2.18 bits per heavy atom. The molecule has 1 fully saturated rings. The molecule has 0 spiro atoms. The molecule has 2 rings (SSSR count). The van der Waals surface area contributed by atoms with Crippen molar-refractivity contribution in [1.82, 2.24) is 4.98 Å². The largest absolute Gasteiger partial charge is 0.390 e. The third-order valence-electron chi connectivity index (χ3n) is 3.13. The molecule has 1 aliphatic heterocycles. The zero-order valence-electron chi connectivity index (χ0n) is 9.65. The van der Waals surface area contributed by atoms with Crippen LogP contribution in [0.5, 0.6) is 0 Å². The third kappa shape index (κ3) is 2.51. The van der Waals surface area contributed by atoms with Crippen molar-refractivity contribution in [2.24, 2.45) is 0 Å². The fourth-order valence-corrected chi connectivity index (χ4v) is 2.21. The Labute approximate surface area is 105 Å². The van der Waals surface area contributed by atoms with Gasteiger partial charge in [0.05, 0.1) is 11.2 Å². The van der Waals surface area contributed by atoms with Crippen LogP contribution in [-0.2, 0) is 0 Å². The first-order valence-electron chi connectivity index (χ1n) is 5.55. The van der Waals surface area contributed by atoms with E-state index in [0.717, 1.165) is 0 Å². The van der Waals surface area contributed by atoms with Gasteiger partial charge in [-0.2, -0.15) is 5.26 Å². The standard InChI is InChI=1S/C12H14ClN3O/c1-12(17)3-6-16(7-4-12)11-10(13)9(8-14)2-5-15-11/h2,5,17H,3-4,6-7H2,1H3. The molecule has 1 saturated heterocycles. The minimum Gasteiger partial charge on any atom is -0.390 e. The zero-order valence-corrected chi connectivity index (χ0v) is 10.4. The van der Waals surface area contributed by atoms with Crippen LogP contribution >= 0.6 is 11.6 Å². The molecule has 1 N–H and O–H groups in total. The molecule has 0 unspecified atom stereocenters. The average Bonchev–Trinajstić information content (AvgIpc) is 2.30. The van der Waals surface area contributed by atoms with Crippen LogP contribution in [0.4, 0.5) is 5.82 Å². The van der Waals surface area contributed by atoms with E-state index in [1.54, 1.807) is 12.3 Å². The lowest BCUT2D eigenvalue weighted by atomic mass is 9.94. The van der Waals surface area contributed by atoms with Gasteiger partial charge in [0.2, 0.25) is 0 Å². The number of hydrogen-bond donors (Lipinski definition) is 1. The highest BCUT2D eigenvalue weighted by Gasteiger charge is 2.29. The Morgan fingerprint density at radius 1 is 1.53 bits per heavy atom. The Morgan fingerprint density at radius 3 is 2.76 bits per heavy atom.